The summed E-state index contributed by atoms with van der Waals surface area (Å²) in [6.07, 6.45) is 1.50. The Kier molecular flexibility index (Phi) is 6.16. The van der Waals surface area contributed by atoms with Crippen LogP contribution in [-0.2, 0) is 14.4 Å². The summed E-state index contributed by atoms with van der Waals surface area (Å²) >= 11 is 0. The van der Waals surface area contributed by atoms with Crippen molar-refractivity contribution < 1.29 is 24.6 Å². The van der Waals surface area contributed by atoms with Crippen molar-refractivity contribution >= 4 is 11.9 Å². The molecule has 0 aromatic carbocycles. The Hall–Kier alpha value is -1.90. The number of carboxylic acids is 1. The zero-order chi connectivity index (χ0) is 15.1. The second-order valence-electron chi connectivity index (χ2n) is 4.83. The molecule has 9 heteroatoms. The van der Waals surface area contributed by atoms with E-state index in [1.165, 1.54) is 0 Å². The minimum atomic E-state index is -1.12. The van der Waals surface area contributed by atoms with E-state index in [9.17, 15) is 19.7 Å². The van der Waals surface area contributed by atoms with Crippen molar-refractivity contribution in [2.75, 3.05) is 19.7 Å². The molecule has 1 heterocycles. The van der Waals surface area contributed by atoms with Gasteiger partial charge in [0, 0.05) is 19.5 Å². The maximum Gasteiger partial charge on any atom is 0.320 e. The number of likely N-dealkylation sites (tertiary alicyclic amines) is 1. The van der Waals surface area contributed by atoms with Crippen LogP contribution in [0, 0.1) is 16.0 Å². The lowest BCUT2D eigenvalue weighted by Gasteiger charge is -2.31. The predicted molar refractivity (Wildman–Crippen MR) is 67.1 cm³/mol. The molecule has 0 aromatic heterocycles. The van der Waals surface area contributed by atoms with Crippen LogP contribution in [0.2, 0.25) is 0 Å². The van der Waals surface area contributed by atoms with E-state index < -0.39 is 17.1 Å². The summed E-state index contributed by atoms with van der Waals surface area (Å²) in [4.78, 5) is 38.4. The number of carboxylic acid groups (broad SMARTS) is 1. The summed E-state index contributed by atoms with van der Waals surface area (Å²) < 4.78 is 0. The number of carbonyl (C=O) groups excluding carboxylic acids is 1. The van der Waals surface area contributed by atoms with Gasteiger partial charge in [-0.1, -0.05) is 0 Å². The highest BCUT2D eigenvalue weighted by molar-refractivity contribution is 5.78. The average molecular weight is 289 g/mol. The number of nitrogens with two attached hydrogens (primary N) is 1. The first kappa shape index (κ1) is 16.2. The molecule has 0 spiro atoms. The van der Waals surface area contributed by atoms with Gasteiger partial charge in [-0.3, -0.25) is 9.59 Å². The minimum Gasteiger partial charge on any atom is -0.480 e. The van der Waals surface area contributed by atoms with Crippen molar-refractivity contribution in [2.24, 2.45) is 11.7 Å². The number of piperidine rings is 1. The molecule has 0 saturated carbocycles. The summed E-state index contributed by atoms with van der Waals surface area (Å²) in [6.45, 7) is 1.07. The Morgan fingerprint density at radius 3 is 2.55 bits per heavy atom. The average Bonchev–Trinajstić information content (AvgIpc) is 2.42. The molecule has 114 valence electrons. The largest absolute Gasteiger partial charge is 0.480 e. The van der Waals surface area contributed by atoms with Crippen LogP contribution in [0.1, 0.15) is 25.7 Å². The highest BCUT2D eigenvalue weighted by Gasteiger charge is 2.24. The molecule has 1 saturated heterocycles. The third kappa shape index (κ3) is 5.39. The van der Waals surface area contributed by atoms with Gasteiger partial charge in [0.15, 0.2) is 0 Å². The Balaban J connectivity index is 2.25. The highest BCUT2D eigenvalue weighted by Crippen LogP contribution is 2.18. The first-order chi connectivity index (χ1) is 9.40. The van der Waals surface area contributed by atoms with Gasteiger partial charge < -0.3 is 20.6 Å². The lowest BCUT2D eigenvalue weighted by molar-refractivity contribution is -0.759. The summed E-state index contributed by atoms with van der Waals surface area (Å²) in [5.41, 5.74) is 5.33. The highest BCUT2D eigenvalue weighted by atomic mass is 16.9. The van der Waals surface area contributed by atoms with Crippen LogP contribution in [0.4, 0.5) is 0 Å². The quantitative estimate of drug-likeness (QED) is 0.481. The van der Waals surface area contributed by atoms with Crippen LogP contribution in [0.5, 0.6) is 0 Å². The molecule has 1 aliphatic heterocycles. The van der Waals surface area contributed by atoms with Gasteiger partial charge in [0.25, 0.3) is 5.09 Å². The molecule has 1 rings (SSSR count). The van der Waals surface area contributed by atoms with Crippen molar-refractivity contribution in [3.63, 3.8) is 0 Å². The van der Waals surface area contributed by atoms with Gasteiger partial charge in [0.1, 0.15) is 6.04 Å². The number of carbonyl (C=O) groups is 2. The molecule has 0 aliphatic carbocycles. The van der Waals surface area contributed by atoms with Crippen molar-refractivity contribution in [3.05, 3.63) is 10.1 Å². The third-order valence-corrected chi connectivity index (χ3v) is 3.37. The van der Waals surface area contributed by atoms with E-state index in [0.29, 0.717) is 25.9 Å². The van der Waals surface area contributed by atoms with Crippen LogP contribution in [0.3, 0.4) is 0 Å². The number of amides is 1. The van der Waals surface area contributed by atoms with E-state index in [4.69, 9.17) is 10.8 Å². The first-order valence-corrected chi connectivity index (χ1v) is 6.43. The van der Waals surface area contributed by atoms with Crippen molar-refractivity contribution in [1.29, 1.82) is 0 Å². The lowest BCUT2D eigenvalue weighted by Crippen LogP contribution is -2.40. The minimum absolute atomic E-state index is 0.0545. The molecule has 9 nitrogen and oxygen atoms in total. The molecular formula is C11H19N3O6. The van der Waals surface area contributed by atoms with E-state index in [2.05, 4.69) is 4.84 Å². The number of rotatable bonds is 7. The molecule has 0 radical (unpaired) electrons. The molecule has 20 heavy (non-hydrogen) atoms. The zero-order valence-electron chi connectivity index (χ0n) is 11.1. The van der Waals surface area contributed by atoms with Crippen molar-refractivity contribution in [3.8, 4) is 0 Å². The molecule has 1 fully saturated rings. The second-order valence-corrected chi connectivity index (χ2v) is 4.83. The summed E-state index contributed by atoms with van der Waals surface area (Å²) in [6, 6.07) is -1.02. The van der Waals surface area contributed by atoms with Gasteiger partial charge in [-0.25, -0.2) is 0 Å². The predicted octanol–water partition coefficient (Wildman–Crippen LogP) is -0.375. The molecule has 1 amide bonds. The van der Waals surface area contributed by atoms with Crippen LogP contribution >= 0.6 is 0 Å². The van der Waals surface area contributed by atoms with Crippen LogP contribution in [-0.4, -0.2) is 52.7 Å². The van der Waals surface area contributed by atoms with Gasteiger partial charge in [-0.05, 0) is 25.2 Å². The Labute approximate surface area is 115 Å². The molecule has 3 N–H and O–H groups in total. The van der Waals surface area contributed by atoms with Gasteiger partial charge >= 0.3 is 5.97 Å². The fourth-order valence-electron chi connectivity index (χ4n) is 2.08. The molecule has 1 atom stereocenters. The van der Waals surface area contributed by atoms with Crippen molar-refractivity contribution in [1.82, 2.24) is 4.90 Å². The van der Waals surface area contributed by atoms with Gasteiger partial charge in [-0.15, -0.1) is 10.1 Å². The smallest absolute Gasteiger partial charge is 0.320 e. The number of hydrogen-bond donors (Lipinski definition) is 2. The normalized spacial score (nSPS) is 17.6. The maximum absolute atomic E-state index is 11.8. The number of aliphatic carboxylic acids is 1. The van der Waals surface area contributed by atoms with E-state index in [0.717, 1.165) is 0 Å². The second kappa shape index (κ2) is 7.63. The molecule has 0 bridgehead atoms. The molecule has 0 unspecified atom stereocenters. The van der Waals surface area contributed by atoms with Gasteiger partial charge in [0.05, 0.1) is 6.61 Å². The van der Waals surface area contributed by atoms with Crippen LogP contribution < -0.4 is 5.73 Å². The molecular weight excluding hydrogens is 270 g/mol. The van der Waals surface area contributed by atoms with Crippen molar-refractivity contribution in [2.45, 2.75) is 31.7 Å². The third-order valence-electron chi connectivity index (χ3n) is 3.37. The first-order valence-electron chi connectivity index (χ1n) is 6.43. The Morgan fingerprint density at radius 2 is 2.05 bits per heavy atom. The number of hydrogen-bond acceptors (Lipinski definition) is 6. The summed E-state index contributed by atoms with van der Waals surface area (Å²) in [7, 11) is 0. The zero-order valence-corrected chi connectivity index (χ0v) is 11.1. The Morgan fingerprint density at radius 1 is 1.45 bits per heavy atom. The SMILES string of the molecule is N[C@@H](CCC(=O)N1CCC(CO[N+](=O)[O-])CC1)C(=O)O. The summed E-state index contributed by atoms with van der Waals surface area (Å²) in [5, 5.41) is 17.9. The molecule has 1 aliphatic rings. The standard InChI is InChI=1S/C11H19N3O6/c12-9(11(16)17)1-2-10(15)13-5-3-8(4-6-13)7-20-14(18)19/h8-9H,1-7,12H2,(H,16,17)/t9-/m0/s1. The topological polar surface area (TPSA) is 136 Å². The lowest BCUT2D eigenvalue weighted by atomic mass is 9.97. The molecule has 0 aromatic rings. The fourth-order valence-corrected chi connectivity index (χ4v) is 2.08. The van der Waals surface area contributed by atoms with Gasteiger partial charge in [0.2, 0.25) is 5.91 Å². The van der Waals surface area contributed by atoms with E-state index in [1.807, 2.05) is 0 Å². The maximum atomic E-state index is 11.8. The van der Waals surface area contributed by atoms with E-state index in [1.54, 1.807) is 4.90 Å². The fraction of sp³-hybridized carbons (Fsp3) is 0.818. The van der Waals surface area contributed by atoms with Crippen LogP contribution in [0.15, 0.2) is 0 Å². The monoisotopic (exact) mass is 289 g/mol. The van der Waals surface area contributed by atoms with Crippen LogP contribution in [0.25, 0.3) is 0 Å². The number of nitrogens with zero attached hydrogens (tertiary/aromatic N) is 2. The van der Waals surface area contributed by atoms with E-state index >= 15 is 0 Å². The van der Waals surface area contributed by atoms with E-state index in [-0.39, 0.29) is 31.3 Å². The Bertz CT molecular complexity index is 367. The summed E-state index contributed by atoms with van der Waals surface area (Å²) in [5.74, 6) is -1.17. The van der Waals surface area contributed by atoms with Gasteiger partial charge in [-0.2, -0.15) is 0 Å².